The van der Waals surface area contributed by atoms with E-state index in [-0.39, 0.29) is 18.8 Å². The Balaban J connectivity index is 2.77. The minimum absolute atomic E-state index is 0.0144. The number of rotatable bonds is 10. The fourth-order valence-corrected chi connectivity index (χ4v) is 2.68. The average Bonchev–Trinajstić information content (AvgIpc) is 2.51. The number of unbranched alkanes of at least 4 members (excludes halogenated alkanes) is 5. The molecule has 0 aliphatic carbocycles. The molecule has 1 rings (SSSR count). The highest BCUT2D eigenvalue weighted by Gasteiger charge is 2.24. The van der Waals surface area contributed by atoms with Crippen molar-refractivity contribution in [1.29, 1.82) is 0 Å². The van der Waals surface area contributed by atoms with Crippen LogP contribution in [0.1, 0.15) is 76.8 Å². The minimum atomic E-state index is -1.22. The first-order valence-electron chi connectivity index (χ1n) is 8.73. The average molecular weight is 332 g/mol. The van der Waals surface area contributed by atoms with Gasteiger partial charge in [-0.3, -0.25) is 0 Å². The Morgan fingerprint density at radius 3 is 1.57 bits per heavy atom. The topological polar surface area (TPSA) is 0 Å². The van der Waals surface area contributed by atoms with E-state index in [2.05, 4.69) is 6.92 Å². The van der Waals surface area contributed by atoms with Crippen molar-refractivity contribution in [3.05, 3.63) is 34.4 Å². The molecule has 0 aromatic heterocycles. The lowest BCUT2D eigenvalue weighted by molar-refractivity contribution is 0.417. The third-order valence-corrected chi connectivity index (χ3v) is 4.20. The Hall–Kier alpha value is -1.06. The zero-order chi connectivity index (χ0) is 17.4. The van der Waals surface area contributed by atoms with Gasteiger partial charge in [-0.2, -0.15) is 0 Å². The van der Waals surface area contributed by atoms with E-state index >= 15 is 0 Å². The Morgan fingerprint density at radius 1 is 0.652 bits per heavy atom. The first kappa shape index (κ1) is 20.0. The Labute approximate surface area is 137 Å². The molecule has 1 aromatic rings. The highest BCUT2D eigenvalue weighted by atomic mass is 19.2. The van der Waals surface area contributed by atoms with Gasteiger partial charge in [-0.15, -0.1) is 0 Å². The zero-order valence-corrected chi connectivity index (χ0v) is 14.5. The van der Waals surface area contributed by atoms with Crippen LogP contribution < -0.4 is 0 Å². The first-order chi connectivity index (χ1) is 10.9. The van der Waals surface area contributed by atoms with Gasteiger partial charge in [-0.05, 0) is 31.6 Å². The molecule has 132 valence electrons. The molecular weight excluding hydrogens is 304 g/mol. The Kier molecular flexibility index (Phi) is 8.64. The van der Waals surface area contributed by atoms with Crippen molar-refractivity contribution in [3.63, 3.8) is 0 Å². The molecule has 0 heterocycles. The van der Waals surface area contributed by atoms with Gasteiger partial charge in [0.15, 0.2) is 23.3 Å². The summed E-state index contributed by atoms with van der Waals surface area (Å²) in [4.78, 5) is 0. The van der Waals surface area contributed by atoms with Crippen LogP contribution in [0.3, 0.4) is 0 Å². The van der Waals surface area contributed by atoms with Crippen LogP contribution in [0, 0.1) is 29.2 Å². The third-order valence-electron chi connectivity index (χ3n) is 4.20. The van der Waals surface area contributed by atoms with Crippen LogP contribution in [-0.2, 0) is 12.8 Å². The number of halogens is 4. The fraction of sp³-hybridized carbons (Fsp3) is 0.684. The number of benzene rings is 1. The zero-order valence-electron chi connectivity index (χ0n) is 14.5. The van der Waals surface area contributed by atoms with E-state index < -0.39 is 34.4 Å². The van der Waals surface area contributed by atoms with Crippen molar-refractivity contribution in [3.8, 4) is 0 Å². The van der Waals surface area contributed by atoms with E-state index in [1.807, 2.05) is 13.8 Å². The molecule has 4 heteroatoms. The Bertz CT molecular complexity index is 466. The van der Waals surface area contributed by atoms with Crippen molar-refractivity contribution < 1.29 is 17.6 Å². The summed E-state index contributed by atoms with van der Waals surface area (Å²) in [5.41, 5.74) is -0.899. The van der Waals surface area contributed by atoms with Crippen molar-refractivity contribution >= 4 is 0 Å². The van der Waals surface area contributed by atoms with Crippen LogP contribution in [0.25, 0.3) is 0 Å². The summed E-state index contributed by atoms with van der Waals surface area (Å²) in [6.45, 7) is 5.90. The molecule has 0 saturated heterocycles. The number of hydrogen-bond acceptors (Lipinski definition) is 0. The standard InChI is InChI=1S/C19H28F4/c1-4-5-6-7-8-9-10-14-16(20)18(22)15(12-11-13(2)3)19(23)17(14)21/h13H,4-12H2,1-3H3. The first-order valence-corrected chi connectivity index (χ1v) is 8.73. The minimum Gasteiger partial charge on any atom is -0.203 e. The molecule has 0 N–H and O–H groups in total. The molecule has 0 aliphatic heterocycles. The third kappa shape index (κ3) is 5.82. The smallest absolute Gasteiger partial charge is 0.165 e. The van der Waals surface area contributed by atoms with Crippen LogP contribution in [0.2, 0.25) is 0 Å². The molecule has 0 fully saturated rings. The van der Waals surface area contributed by atoms with E-state index in [1.165, 1.54) is 0 Å². The monoisotopic (exact) mass is 332 g/mol. The molecule has 0 saturated carbocycles. The molecular formula is C19H28F4. The van der Waals surface area contributed by atoms with Crippen LogP contribution in [0.5, 0.6) is 0 Å². The second-order valence-electron chi connectivity index (χ2n) is 6.66. The van der Waals surface area contributed by atoms with E-state index in [1.54, 1.807) is 0 Å². The van der Waals surface area contributed by atoms with Crippen LogP contribution in [0.4, 0.5) is 17.6 Å². The van der Waals surface area contributed by atoms with Gasteiger partial charge in [-0.25, -0.2) is 17.6 Å². The van der Waals surface area contributed by atoms with Crippen LogP contribution in [-0.4, -0.2) is 0 Å². The Morgan fingerprint density at radius 2 is 1.09 bits per heavy atom. The van der Waals surface area contributed by atoms with Crippen molar-refractivity contribution in [1.82, 2.24) is 0 Å². The van der Waals surface area contributed by atoms with E-state index in [0.717, 1.165) is 32.1 Å². The maximum absolute atomic E-state index is 14.1. The predicted octanol–water partition coefficient (Wildman–Crippen LogP) is 6.73. The fourth-order valence-electron chi connectivity index (χ4n) is 2.68. The van der Waals surface area contributed by atoms with Gasteiger partial charge >= 0.3 is 0 Å². The summed E-state index contributed by atoms with van der Waals surface area (Å²) >= 11 is 0. The molecule has 1 aromatic carbocycles. The van der Waals surface area contributed by atoms with Gasteiger partial charge in [0.2, 0.25) is 0 Å². The van der Waals surface area contributed by atoms with Gasteiger partial charge in [0.1, 0.15) is 0 Å². The molecule has 0 aliphatic rings. The summed E-state index contributed by atoms with van der Waals surface area (Å²) in [7, 11) is 0. The molecule has 0 nitrogen and oxygen atoms in total. The molecule has 0 unspecified atom stereocenters. The normalized spacial score (nSPS) is 11.5. The summed E-state index contributed by atoms with van der Waals surface area (Å²) < 4.78 is 56.2. The van der Waals surface area contributed by atoms with Gasteiger partial charge in [0, 0.05) is 11.1 Å². The summed E-state index contributed by atoms with van der Waals surface area (Å²) in [5, 5.41) is 0. The van der Waals surface area contributed by atoms with E-state index in [4.69, 9.17) is 0 Å². The summed E-state index contributed by atoms with van der Waals surface area (Å²) in [6.07, 6.45) is 6.23. The lowest BCUT2D eigenvalue weighted by atomic mass is 9.97. The molecule has 0 bridgehead atoms. The summed E-state index contributed by atoms with van der Waals surface area (Å²) in [6, 6.07) is 0. The molecule has 0 atom stereocenters. The van der Waals surface area contributed by atoms with Crippen LogP contribution in [0.15, 0.2) is 0 Å². The van der Waals surface area contributed by atoms with E-state index in [9.17, 15) is 17.6 Å². The van der Waals surface area contributed by atoms with Gasteiger partial charge < -0.3 is 0 Å². The van der Waals surface area contributed by atoms with Crippen molar-refractivity contribution in [2.24, 2.45) is 5.92 Å². The predicted molar refractivity (Wildman–Crippen MR) is 86.5 cm³/mol. The van der Waals surface area contributed by atoms with Gasteiger partial charge in [0.25, 0.3) is 0 Å². The van der Waals surface area contributed by atoms with Crippen molar-refractivity contribution in [2.75, 3.05) is 0 Å². The maximum Gasteiger partial charge on any atom is 0.165 e. The quantitative estimate of drug-likeness (QED) is 0.253. The SMILES string of the molecule is CCCCCCCCc1c(F)c(F)c(CCC(C)C)c(F)c1F. The second-order valence-corrected chi connectivity index (χ2v) is 6.66. The molecule has 0 radical (unpaired) electrons. The van der Waals surface area contributed by atoms with Crippen LogP contribution >= 0.6 is 0 Å². The molecule has 23 heavy (non-hydrogen) atoms. The second kappa shape index (κ2) is 9.94. The highest BCUT2D eigenvalue weighted by molar-refractivity contribution is 5.30. The number of hydrogen-bond donors (Lipinski definition) is 0. The highest BCUT2D eigenvalue weighted by Crippen LogP contribution is 2.27. The molecule has 0 spiro atoms. The van der Waals surface area contributed by atoms with Gasteiger partial charge in [-0.1, -0.05) is 52.9 Å². The van der Waals surface area contributed by atoms with E-state index in [0.29, 0.717) is 12.8 Å². The largest absolute Gasteiger partial charge is 0.203 e. The lowest BCUT2D eigenvalue weighted by Gasteiger charge is -2.13. The lowest BCUT2D eigenvalue weighted by Crippen LogP contribution is -2.10. The van der Waals surface area contributed by atoms with Gasteiger partial charge in [0.05, 0.1) is 0 Å². The summed E-state index contributed by atoms with van der Waals surface area (Å²) in [5.74, 6) is -4.65. The van der Waals surface area contributed by atoms with Crippen molar-refractivity contribution in [2.45, 2.75) is 78.6 Å². The molecule has 0 amide bonds. The maximum atomic E-state index is 14.1.